The lowest BCUT2D eigenvalue weighted by atomic mass is 9.86. The molecule has 0 aliphatic heterocycles. The minimum atomic E-state index is -0.495. The van der Waals surface area contributed by atoms with Crippen molar-refractivity contribution >= 4 is 17.8 Å². The van der Waals surface area contributed by atoms with Crippen molar-refractivity contribution in [1.82, 2.24) is 5.32 Å². The van der Waals surface area contributed by atoms with Crippen molar-refractivity contribution < 1.29 is 33.3 Å². The van der Waals surface area contributed by atoms with Crippen LogP contribution in [0.25, 0.3) is 11.1 Å². The van der Waals surface area contributed by atoms with Gasteiger partial charge >= 0.3 is 11.9 Å². The van der Waals surface area contributed by atoms with E-state index in [1.807, 2.05) is 30.3 Å². The van der Waals surface area contributed by atoms with Gasteiger partial charge in [0.05, 0.1) is 37.4 Å². The third kappa shape index (κ3) is 9.47. The summed E-state index contributed by atoms with van der Waals surface area (Å²) in [7, 11) is 1.40. The maximum atomic E-state index is 13.4. The summed E-state index contributed by atoms with van der Waals surface area (Å²) in [5, 5.41) is 3.07. The summed E-state index contributed by atoms with van der Waals surface area (Å²) in [6.45, 7) is 2.85. The second-order valence-corrected chi connectivity index (χ2v) is 11.9. The van der Waals surface area contributed by atoms with Gasteiger partial charge in [-0.1, -0.05) is 66.7 Å². The van der Waals surface area contributed by atoms with Crippen LogP contribution < -0.4 is 14.8 Å². The Bertz CT molecular complexity index is 1640. The van der Waals surface area contributed by atoms with E-state index in [9.17, 15) is 14.4 Å². The van der Waals surface area contributed by atoms with Gasteiger partial charge in [0, 0.05) is 6.04 Å². The molecule has 1 fully saturated rings. The molecule has 1 saturated carbocycles. The molecule has 1 N–H and O–H groups in total. The summed E-state index contributed by atoms with van der Waals surface area (Å²) >= 11 is 0. The number of nitrogens with one attached hydrogen (secondary N) is 1. The fourth-order valence-electron chi connectivity index (χ4n) is 5.88. The minimum Gasteiger partial charge on any atom is -0.493 e. The van der Waals surface area contributed by atoms with Crippen LogP contribution in [0, 0.1) is 5.92 Å². The Morgan fingerprint density at radius 3 is 2.15 bits per heavy atom. The van der Waals surface area contributed by atoms with Crippen LogP contribution in [-0.4, -0.2) is 44.2 Å². The normalized spacial score (nSPS) is 15.6. The van der Waals surface area contributed by atoms with Crippen LogP contribution in [0.15, 0.2) is 97.1 Å². The van der Waals surface area contributed by atoms with Gasteiger partial charge in [0.2, 0.25) is 0 Å². The molecule has 4 aromatic rings. The number of hydrogen-bond acceptors (Lipinski definition) is 7. The number of methoxy groups -OCH3 is 1. The van der Waals surface area contributed by atoms with Crippen LogP contribution in [-0.2, 0) is 27.3 Å². The monoisotopic (exact) mass is 649 g/mol. The quantitative estimate of drug-likeness (QED) is 0.111. The summed E-state index contributed by atoms with van der Waals surface area (Å²) in [6, 6.07) is 31.5. The number of esters is 2. The van der Waals surface area contributed by atoms with Gasteiger partial charge in [-0.15, -0.1) is 0 Å². The molecule has 0 saturated heterocycles. The zero-order valence-electron chi connectivity index (χ0n) is 27.6. The fraction of sp³-hybridized carbons (Fsp3) is 0.325. The molecule has 1 aliphatic rings. The van der Waals surface area contributed by atoms with E-state index < -0.39 is 5.97 Å². The predicted molar refractivity (Wildman–Crippen MR) is 184 cm³/mol. The van der Waals surface area contributed by atoms with Gasteiger partial charge in [0.15, 0.2) is 0 Å². The van der Waals surface area contributed by atoms with Crippen molar-refractivity contribution in [3.8, 4) is 22.6 Å². The molecular formula is C40H43NO7. The van der Waals surface area contributed by atoms with E-state index in [1.54, 1.807) is 19.1 Å². The third-order valence-electron chi connectivity index (χ3n) is 8.59. The van der Waals surface area contributed by atoms with E-state index in [4.69, 9.17) is 18.9 Å². The van der Waals surface area contributed by atoms with Crippen molar-refractivity contribution in [1.29, 1.82) is 0 Å². The predicted octanol–water partition coefficient (Wildman–Crippen LogP) is 7.58. The molecule has 0 unspecified atom stereocenters. The van der Waals surface area contributed by atoms with E-state index >= 15 is 0 Å². The van der Waals surface area contributed by atoms with Crippen molar-refractivity contribution in [2.75, 3.05) is 20.3 Å². The average molecular weight is 650 g/mol. The van der Waals surface area contributed by atoms with E-state index in [1.165, 1.54) is 24.3 Å². The lowest BCUT2D eigenvalue weighted by Crippen LogP contribution is -2.39. The summed E-state index contributed by atoms with van der Waals surface area (Å²) in [4.78, 5) is 37.7. The molecule has 1 amide bonds. The van der Waals surface area contributed by atoms with Crippen LogP contribution in [0.1, 0.15) is 70.9 Å². The Balaban J connectivity index is 1.11. The molecule has 0 atom stereocenters. The van der Waals surface area contributed by atoms with E-state index in [2.05, 4.69) is 53.8 Å². The highest BCUT2D eigenvalue weighted by molar-refractivity contribution is 6.00. The zero-order valence-corrected chi connectivity index (χ0v) is 27.6. The van der Waals surface area contributed by atoms with Crippen molar-refractivity contribution in [3.05, 3.63) is 119 Å². The summed E-state index contributed by atoms with van der Waals surface area (Å²) in [5.74, 6) is 0.0531. The SMILES string of the molecule is CCOC(=O)c1ccc(OCCCc2ccc(OCc3ccc(-c4ccccc4)cc3)cc2)c(C(=O)N[C@H]2CC[C@@H](C(=O)OC)CC2)c1. The molecule has 0 spiro atoms. The van der Waals surface area contributed by atoms with Gasteiger partial charge in [-0.05, 0) is 98.0 Å². The Morgan fingerprint density at radius 1 is 0.771 bits per heavy atom. The maximum absolute atomic E-state index is 13.4. The molecule has 4 aromatic carbocycles. The second-order valence-electron chi connectivity index (χ2n) is 11.9. The molecule has 8 nitrogen and oxygen atoms in total. The molecule has 8 heteroatoms. The number of benzene rings is 4. The van der Waals surface area contributed by atoms with Crippen LogP contribution in [0.4, 0.5) is 0 Å². The van der Waals surface area contributed by atoms with Gasteiger partial charge < -0.3 is 24.3 Å². The minimum absolute atomic E-state index is 0.0790. The molecule has 250 valence electrons. The Morgan fingerprint density at radius 2 is 1.46 bits per heavy atom. The number of carbonyl (C=O) groups is 3. The topological polar surface area (TPSA) is 100 Å². The third-order valence-corrected chi connectivity index (χ3v) is 8.59. The number of carbonyl (C=O) groups excluding carboxylic acids is 3. The first kappa shape index (κ1) is 34.2. The van der Waals surface area contributed by atoms with E-state index in [0.717, 1.165) is 29.7 Å². The molecule has 0 radical (unpaired) electrons. The Kier molecular flexibility index (Phi) is 12.2. The van der Waals surface area contributed by atoms with Gasteiger partial charge in [-0.2, -0.15) is 0 Å². The fourth-order valence-corrected chi connectivity index (χ4v) is 5.88. The number of amides is 1. The van der Waals surface area contributed by atoms with E-state index in [-0.39, 0.29) is 41.6 Å². The number of ether oxygens (including phenoxy) is 4. The van der Waals surface area contributed by atoms with Gasteiger partial charge in [0.25, 0.3) is 5.91 Å². The first-order valence-corrected chi connectivity index (χ1v) is 16.6. The smallest absolute Gasteiger partial charge is 0.338 e. The van der Waals surface area contributed by atoms with Gasteiger partial charge in [0.1, 0.15) is 18.1 Å². The van der Waals surface area contributed by atoms with Crippen molar-refractivity contribution in [3.63, 3.8) is 0 Å². The van der Waals surface area contributed by atoms with Gasteiger partial charge in [-0.3, -0.25) is 9.59 Å². The maximum Gasteiger partial charge on any atom is 0.338 e. The Labute approximate surface area is 282 Å². The molecule has 0 bridgehead atoms. The van der Waals surface area contributed by atoms with Crippen LogP contribution in [0.5, 0.6) is 11.5 Å². The number of hydrogen-bond donors (Lipinski definition) is 1. The molecule has 48 heavy (non-hydrogen) atoms. The number of aryl methyl sites for hydroxylation is 1. The van der Waals surface area contributed by atoms with Crippen molar-refractivity contribution in [2.24, 2.45) is 5.92 Å². The summed E-state index contributed by atoms with van der Waals surface area (Å²) in [6.07, 6.45) is 4.16. The van der Waals surface area contributed by atoms with E-state index in [0.29, 0.717) is 44.6 Å². The Hall–Kier alpha value is -5.11. The standard InChI is InChI=1S/C40H43NO7/c1-3-46-40(44)33-19-24-37(36(26-33)38(42)41-34-20-17-32(18-21-34)39(43)45-2)47-25-7-8-28-13-22-35(23-14-28)48-27-29-11-15-31(16-12-29)30-9-5-4-6-10-30/h4-6,9-16,19,22-24,26,32,34H,3,7-8,17-18,20-21,25,27H2,1-2H3,(H,41,42)/t32-,34+. The summed E-state index contributed by atoms with van der Waals surface area (Å²) < 4.78 is 22.1. The van der Waals surface area contributed by atoms with Crippen molar-refractivity contribution in [2.45, 2.75) is 58.1 Å². The van der Waals surface area contributed by atoms with Crippen LogP contribution in [0.2, 0.25) is 0 Å². The van der Waals surface area contributed by atoms with Crippen LogP contribution >= 0.6 is 0 Å². The highest BCUT2D eigenvalue weighted by atomic mass is 16.5. The molecule has 0 heterocycles. The highest BCUT2D eigenvalue weighted by Gasteiger charge is 2.28. The second kappa shape index (κ2) is 17.2. The zero-order chi connectivity index (χ0) is 33.7. The van der Waals surface area contributed by atoms with Gasteiger partial charge in [-0.25, -0.2) is 4.79 Å². The number of rotatable bonds is 14. The summed E-state index contributed by atoms with van der Waals surface area (Å²) in [5.41, 5.74) is 5.19. The first-order valence-electron chi connectivity index (χ1n) is 16.6. The first-order chi connectivity index (χ1) is 23.4. The van der Waals surface area contributed by atoms with Crippen LogP contribution in [0.3, 0.4) is 0 Å². The molecule has 1 aliphatic carbocycles. The molecular weight excluding hydrogens is 606 g/mol. The average Bonchev–Trinajstić information content (AvgIpc) is 3.13. The largest absolute Gasteiger partial charge is 0.493 e. The molecule has 5 rings (SSSR count). The lowest BCUT2D eigenvalue weighted by molar-refractivity contribution is -0.146. The molecule has 0 aromatic heterocycles. The lowest BCUT2D eigenvalue weighted by Gasteiger charge is -2.27. The highest BCUT2D eigenvalue weighted by Crippen LogP contribution is 2.27.